The molecule has 0 bridgehead atoms. The Morgan fingerprint density at radius 1 is 1.28 bits per heavy atom. The average Bonchev–Trinajstić information content (AvgIpc) is 3.08. The predicted octanol–water partition coefficient (Wildman–Crippen LogP) is 1.79. The Morgan fingerprint density at radius 3 is 2.33 bits per heavy atom. The third-order valence-electron chi connectivity index (χ3n) is 4.30. The van der Waals surface area contributed by atoms with Crippen LogP contribution >= 0.6 is 0 Å². The molecule has 2 N–H and O–H groups in total. The summed E-state index contributed by atoms with van der Waals surface area (Å²) in [4.78, 5) is 12.1. The van der Waals surface area contributed by atoms with E-state index in [1.54, 1.807) is 0 Å². The van der Waals surface area contributed by atoms with Crippen LogP contribution in [0, 0.1) is 0 Å². The van der Waals surface area contributed by atoms with Crippen LogP contribution in [0.15, 0.2) is 24.3 Å². The molecule has 1 saturated heterocycles. The van der Waals surface area contributed by atoms with E-state index in [9.17, 15) is 9.90 Å². The fourth-order valence-corrected chi connectivity index (χ4v) is 2.64. The van der Waals surface area contributed by atoms with Crippen molar-refractivity contribution in [3.05, 3.63) is 35.4 Å². The number of aliphatic hydroxyl groups is 1. The molecule has 1 aromatic rings. The summed E-state index contributed by atoms with van der Waals surface area (Å²) < 4.78 is 0. The number of hydrogen-bond donors (Lipinski definition) is 2. The number of likely N-dealkylation sites (tertiary alicyclic amines) is 1. The smallest absolute Gasteiger partial charge is 0.407 e. The molecule has 0 unspecified atom stereocenters. The van der Waals surface area contributed by atoms with Gasteiger partial charge in [-0.3, -0.25) is 0 Å². The van der Waals surface area contributed by atoms with Crippen LogP contribution in [0.2, 0.25) is 0 Å². The molecule has 18 heavy (non-hydrogen) atoms. The minimum Gasteiger partial charge on any atom is -0.465 e. The summed E-state index contributed by atoms with van der Waals surface area (Å²) in [5.74, 6) is 0.333. The predicted molar refractivity (Wildman–Crippen MR) is 66.8 cm³/mol. The van der Waals surface area contributed by atoms with Gasteiger partial charge in [-0.25, -0.2) is 4.79 Å². The van der Waals surface area contributed by atoms with Crippen molar-refractivity contribution in [1.29, 1.82) is 0 Å². The van der Waals surface area contributed by atoms with Crippen LogP contribution < -0.4 is 0 Å². The molecule has 0 atom stereocenters. The van der Waals surface area contributed by atoms with Crippen LogP contribution in [-0.2, 0) is 5.41 Å². The number of amides is 1. The number of nitrogens with zero attached hydrogens (tertiary/aromatic N) is 1. The molecule has 4 heteroatoms. The fourth-order valence-electron chi connectivity index (χ4n) is 2.64. The first-order chi connectivity index (χ1) is 8.64. The normalized spacial score (nSPS) is 21.5. The maximum absolute atomic E-state index is 10.7. The van der Waals surface area contributed by atoms with E-state index >= 15 is 0 Å². The molecule has 1 saturated carbocycles. The van der Waals surface area contributed by atoms with Crippen molar-refractivity contribution in [3.63, 3.8) is 0 Å². The highest BCUT2D eigenvalue weighted by Crippen LogP contribution is 2.47. The lowest BCUT2D eigenvalue weighted by Gasteiger charge is -2.37. The SMILES string of the molecule is O=C(O)N1CC(c2ccc(C3(CO)CC3)cc2)C1. The van der Waals surface area contributed by atoms with Gasteiger partial charge in [-0.1, -0.05) is 24.3 Å². The summed E-state index contributed by atoms with van der Waals surface area (Å²) in [7, 11) is 0. The number of carboxylic acid groups (broad SMARTS) is 1. The maximum atomic E-state index is 10.7. The monoisotopic (exact) mass is 247 g/mol. The largest absolute Gasteiger partial charge is 0.465 e. The van der Waals surface area contributed by atoms with Crippen molar-refractivity contribution in [2.75, 3.05) is 19.7 Å². The quantitative estimate of drug-likeness (QED) is 0.856. The first-order valence-electron chi connectivity index (χ1n) is 6.34. The molecule has 0 radical (unpaired) electrons. The number of carbonyl (C=O) groups is 1. The van der Waals surface area contributed by atoms with Gasteiger partial charge in [-0.05, 0) is 24.0 Å². The Balaban J connectivity index is 1.68. The summed E-state index contributed by atoms with van der Waals surface area (Å²) in [6.07, 6.45) is 1.30. The third kappa shape index (κ3) is 1.77. The minimum atomic E-state index is -0.833. The second-order valence-electron chi connectivity index (χ2n) is 5.44. The molecule has 0 spiro atoms. The highest BCUT2D eigenvalue weighted by Gasteiger charge is 2.43. The van der Waals surface area contributed by atoms with Gasteiger partial charge in [0.05, 0.1) is 6.61 Å². The van der Waals surface area contributed by atoms with Crippen LogP contribution in [0.4, 0.5) is 4.79 Å². The van der Waals surface area contributed by atoms with Crippen molar-refractivity contribution in [2.24, 2.45) is 0 Å². The molecule has 3 rings (SSSR count). The van der Waals surface area contributed by atoms with E-state index in [-0.39, 0.29) is 12.0 Å². The highest BCUT2D eigenvalue weighted by molar-refractivity contribution is 5.66. The fraction of sp³-hybridized carbons (Fsp3) is 0.500. The first kappa shape index (κ1) is 11.5. The van der Waals surface area contributed by atoms with Crippen molar-refractivity contribution in [3.8, 4) is 0 Å². The van der Waals surface area contributed by atoms with Gasteiger partial charge in [0.2, 0.25) is 0 Å². The molecule has 4 nitrogen and oxygen atoms in total. The number of hydrogen-bond acceptors (Lipinski definition) is 2. The lowest BCUT2D eigenvalue weighted by molar-refractivity contribution is 0.105. The summed E-state index contributed by atoms with van der Waals surface area (Å²) >= 11 is 0. The molecule has 0 aromatic heterocycles. The van der Waals surface area contributed by atoms with Crippen LogP contribution in [0.3, 0.4) is 0 Å². The summed E-state index contributed by atoms with van der Waals surface area (Å²) in [6.45, 7) is 1.42. The Labute approximate surface area is 106 Å². The Kier molecular flexibility index (Phi) is 2.55. The Hall–Kier alpha value is -1.55. The Morgan fingerprint density at radius 2 is 1.89 bits per heavy atom. The van der Waals surface area contributed by atoms with E-state index in [0.29, 0.717) is 19.0 Å². The minimum absolute atomic E-state index is 0.0191. The van der Waals surface area contributed by atoms with Gasteiger partial charge in [0.1, 0.15) is 0 Å². The van der Waals surface area contributed by atoms with Gasteiger partial charge in [-0.15, -0.1) is 0 Å². The molecular weight excluding hydrogens is 230 g/mol. The number of rotatable bonds is 3. The molecule has 1 amide bonds. The van der Waals surface area contributed by atoms with Gasteiger partial charge in [0.25, 0.3) is 0 Å². The van der Waals surface area contributed by atoms with Gasteiger partial charge in [0.15, 0.2) is 0 Å². The van der Waals surface area contributed by atoms with Crippen molar-refractivity contribution in [1.82, 2.24) is 4.90 Å². The number of benzene rings is 1. The third-order valence-corrected chi connectivity index (χ3v) is 4.30. The van der Waals surface area contributed by atoms with E-state index in [1.807, 2.05) is 0 Å². The summed E-state index contributed by atoms with van der Waals surface area (Å²) in [6, 6.07) is 8.33. The molecule has 1 aliphatic heterocycles. The highest BCUT2D eigenvalue weighted by atomic mass is 16.4. The molecule has 2 aliphatic rings. The second-order valence-corrected chi connectivity index (χ2v) is 5.44. The topological polar surface area (TPSA) is 60.8 Å². The Bertz CT molecular complexity index is 458. The van der Waals surface area contributed by atoms with Gasteiger partial charge < -0.3 is 15.1 Å². The van der Waals surface area contributed by atoms with E-state index in [1.165, 1.54) is 16.0 Å². The second kappa shape index (κ2) is 3.99. The number of aliphatic hydroxyl groups excluding tert-OH is 1. The van der Waals surface area contributed by atoms with Gasteiger partial charge >= 0.3 is 6.09 Å². The van der Waals surface area contributed by atoms with E-state index in [0.717, 1.165) is 12.8 Å². The molecule has 1 aliphatic carbocycles. The lowest BCUT2D eigenvalue weighted by Crippen LogP contribution is -2.47. The zero-order valence-electron chi connectivity index (χ0n) is 10.2. The van der Waals surface area contributed by atoms with E-state index in [4.69, 9.17) is 5.11 Å². The maximum Gasteiger partial charge on any atom is 0.407 e. The zero-order valence-corrected chi connectivity index (χ0v) is 10.2. The van der Waals surface area contributed by atoms with Gasteiger partial charge in [0, 0.05) is 24.4 Å². The van der Waals surface area contributed by atoms with Crippen molar-refractivity contribution in [2.45, 2.75) is 24.2 Å². The zero-order chi connectivity index (χ0) is 12.8. The van der Waals surface area contributed by atoms with Crippen LogP contribution in [0.25, 0.3) is 0 Å². The summed E-state index contributed by atoms with van der Waals surface area (Å²) in [5, 5.41) is 18.2. The molecule has 96 valence electrons. The van der Waals surface area contributed by atoms with Crippen LogP contribution in [0.1, 0.15) is 29.9 Å². The molecule has 2 fully saturated rings. The van der Waals surface area contributed by atoms with Gasteiger partial charge in [-0.2, -0.15) is 0 Å². The lowest BCUT2D eigenvalue weighted by atomic mass is 9.89. The first-order valence-corrected chi connectivity index (χ1v) is 6.34. The molecular formula is C14H17NO3. The van der Waals surface area contributed by atoms with Crippen LogP contribution in [0.5, 0.6) is 0 Å². The standard InChI is InChI=1S/C14H17NO3/c16-9-14(5-6-14)12-3-1-10(2-4-12)11-7-15(8-11)13(17)18/h1-4,11,16H,5-9H2,(H,17,18). The van der Waals surface area contributed by atoms with E-state index < -0.39 is 6.09 Å². The van der Waals surface area contributed by atoms with E-state index in [2.05, 4.69) is 24.3 Å². The van der Waals surface area contributed by atoms with Crippen LogP contribution in [-0.4, -0.2) is 40.9 Å². The van der Waals surface area contributed by atoms with Crippen molar-refractivity contribution < 1.29 is 15.0 Å². The molecule has 1 aromatic carbocycles. The molecule has 1 heterocycles. The van der Waals surface area contributed by atoms with Crippen molar-refractivity contribution >= 4 is 6.09 Å². The summed E-state index contributed by atoms with van der Waals surface area (Å²) in [5.41, 5.74) is 2.43. The average molecular weight is 247 g/mol.